The first kappa shape index (κ1) is 8.93. The summed E-state index contributed by atoms with van der Waals surface area (Å²) in [4.78, 5) is 8.35. The third-order valence-corrected chi connectivity index (χ3v) is 1.48. The molecule has 4 heteroatoms. The van der Waals surface area contributed by atoms with Crippen LogP contribution in [0.1, 0.15) is 11.4 Å². The Labute approximate surface area is 71.7 Å². The van der Waals surface area contributed by atoms with Crippen molar-refractivity contribution in [3.05, 3.63) is 17.6 Å². The molecule has 0 aliphatic heterocycles. The van der Waals surface area contributed by atoms with Crippen LogP contribution < -0.4 is 5.32 Å². The Balaban J connectivity index is 2.75. The highest BCUT2D eigenvalue weighted by molar-refractivity contribution is 5.39. The first-order valence-electron chi connectivity index (χ1n) is 3.89. The number of nitrogens with one attached hydrogen (secondary N) is 1. The summed E-state index contributed by atoms with van der Waals surface area (Å²) in [7, 11) is 0. The normalized spacial score (nSPS) is 9.92. The lowest BCUT2D eigenvalue weighted by Crippen LogP contribution is -2.09. The number of anilines is 1. The highest BCUT2D eigenvalue weighted by Crippen LogP contribution is 2.07. The van der Waals surface area contributed by atoms with Crippen LogP contribution in [0.25, 0.3) is 0 Å². The molecule has 0 aliphatic carbocycles. The van der Waals surface area contributed by atoms with Crippen molar-refractivity contribution < 1.29 is 5.11 Å². The minimum Gasteiger partial charge on any atom is -0.395 e. The fourth-order valence-corrected chi connectivity index (χ4v) is 0.879. The Bertz CT molecular complexity index is 262. The molecule has 1 heterocycles. The number of rotatable bonds is 3. The van der Waals surface area contributed by atoms with Gasteiger partial charge in [0.2, 0.25) is 0 Å². The molecule has 0 atom stereocenters. The highest BCUT2D eigenvalue weighted by atomic mass is 16.3. The summed E-state index contributed by atoms with van der Waals surface area (Å²) < 4.78 is 0. The maximum absolute atomic E-state index is 8.58. The molecule has 12 heavy (non-hydrogen) atoms. The van der Waals surface area contributed by atoms with Crippen LogP contribution >= 0.6 is 0 Å². The minimum atomic E-state index is 0.106. The number of nitrogens with zero attached hydrogens (tertiary/aromatic N) is 2. The van der Waals surface area contributed by atoms with E-state index in [0.29, 0.717) is 6.54 Å². The summed E-state index contributed by atoms with van der Waals surface area (Å²) in [6.07, 6.45) is 1.72. The zero-order chi connectivity index (χ0) is 8.97. The molecule has 2 N–H and O–H groups in total. The maximum atomic E-state index is 8.58. The van der Waals surface area contributed by atoms with E-state index in [2.05, 4.69) is 15.3 Å². The molecule has 0 spiro atoms. The van der Waals surface area contributed by atoms with Crippen LogP contribution in [0, 0.1) is 13.8 Å². The fraction of sp³-hybridized carbons (Fsp3) is 0.500. The third kappa shape index (κ3) is 2.17. The number of aromatic nitrogens is 2. The summed E-state index contributed by atoms with van der Waals surface area (Å²) in [5.41, 5.74) is 1.73. The Kier molecular flexibility index (Phi) is 2.99. The molecule has 0 saturated carbocycles. The van der Waals surface area contributed by atoms with Gasteiger partial charge in [0.1, 0.15) is 5.82 Å². The van der Waals surface area contributed by atoms with Crippen molar-refractivity contribution in [2.45, 2.75) is 13.8 Å². The lowest BCUT2D eigenvalue weighted by atomic mass is 10.4. The molecule has 1 aromatic rings. The fourth-order valence-electron chi connectivity index (χ4n) is 0.879. The van der Waals surface area contributed by atoms with E-state index in [1.165, 1.54) is 0 Å². The summed E-state index contributed by atoms with van der Waals surface area (Å²) in [5, 5.41) is 11.6. The van der Waals surface area contributed by atoms with Crippen LogP contribution in [0.5, 0.6) is 0 Å². The Morgan fingerprint density at radius 3 is 2.92 bits per heavy atom. The maximum Gasteiger partial charge on any atom is 0.147 e. The van der Waals surface area contributed by atoms with Gasteiger partial charge in [-0.15, -0.1) is 0 Å². The largest absolute Gasteiger partial charge is 0.395 e. The van der Waals surface area contributed by atoms with E-state index in [0.717, 1.165) is 17.2 Å². The second-order valence-electron chi connectivity index (χ2n) is 2.60. The predicted molar refractivity (Wildman–Crippen MR) is 47.1 cm³/mol. The first-order chi connectivity index (χ1) is 5.74. The van der Waals surface area contributed by atoms with Gasteiger partial charge in [0.15, 0.2) is 0 Å². The molecule has 0 bridgehead atoms. The number of aliphatic hydroxyl groups is 1. The minimum absolute atomic E-state index is 0.106. The molecule has 0 aromatic carbocycles. The van der Waals surface area contributed by atoms with Gasteiger partial charge in [-0.2, -0.15) is 0 Å². The number of hydrogen-bond acceptors (Lipinski definition) is 4. The van der Waals surface area contributed by atoms with E-state index in [9.17, 15) is 0 Å². The van der Waals surface area contributed by atoms with E-state index in [-0.39, 0.29) is 6.61 Å². The number of aryl methyl sites for hydroxylation is 2. The molecule has 0 aliphatic rings. The quantitative estimate of drug-likeness (QED) is 0.688. The summed E-state index contributed by atoms with van der Waals surface area (Å²) in [5.74, 6) is 0.754. The van der Waals surface area contributed by atoms with Crippen LogP contribution in [0.3, 0.4) is 0 Å². The van der Waals surface area contributed by atoms with Gasteiger partial charge in [-0.05, 0) is 13.8 Å². The summed E-state index contributed by atoms with van der Waals surface area (Å²) in [6.45, 7) is 4.39. The van der Waals surface area contributed by atoms with Crippen LogP contribution in [0.15, 0.2) is 6.20 Å². The zero-order valence-electron chi connectivity index (χ0n) is 7.33. The van der Waals surface area contributed by atoms with Crippen molar-refractivity contribution in [1.82, 2.24) is 9.97 Å². The summed E-state index contributed by atoms with van der Waals surface area (Å²) >= 11 is 0. The molecule has 0 saturated heterocycles. The standard InChI is InChI=1S/C8H13N3O/c1-6-5-10-7(2)8(11-6)9-3-4-12/h5,12H,3-4H2,1-2H3,(H,9,11). The zero-order valence-corrected chi connectivity index (χ0v) is 7.33. The number of aliphatic hydroxyl groups excluding tert-OH is 1. The average Bonchev–Trinajstić information content (AvgIpc) is 2.07. The first-order valence-corrected chi connectivity index (χ1v) is 3.89. The van der Waals surface area contributed by atoms with E-state index in [4.69, 9.17) is 5.11 Å². The Hall–Kier alpha value is -1.16. The SMILES string of the molecule is Cc1cnc(C)c(NCCO)n1. The van der Waals surface area contributed by atoms with Gasteiger partial charge in [-0.25, -0.2) is 4.98 Å². The van der Waals surface area contributed by atoms with Crippen LogP contribution in [0.2, 0.25) is 0 Å². The molecule has 0 fully saturated rings. The van der Waals surface area contributed by atoms with Crippen LogP contribution in [0.4, 0.5) is 5.82 Å². The lowest BCUT2D eigenvalue weighted by Gasteiger charge is -2.06. The molecule has 66 valence electrons. The van der Waals surface area contributed by atoms with Crippen molar-refractivity contribution in [3.63, 3.8) is 0 Å². The van der Waals surface area contributed by atoms with E-state index >= 15 is 0 Å². The highest BCUT2D eigenvalue weighted by Gasteiger charge is 1.99. The molecular weight excluding hydrogens is 154 g/mol. The van der Waals surface area contributed by atoms with Gasteiger partial charge in [0, 0.05) is 12.7 Å². The summed E-state index contributed by atoms with van der Waals surface area (Å²) in [6, 6.07) is 0. The number of hydrogen-bond donors (Lipinski definition) is 2. The van der Waals surface area contributed by atoms with E-state index in [1.807, 2.05) is 13.8 Å². The second-order valence-corrected chi connectivity index (χ2v) is 2.60. The molecular formula is C8H13N3O. The average molecular weight is 167 g/mol. The monoisotopic (exact) mass is 167 g/mol. The lowest BCUT2D eigenvalue weighted by molar-refractivity contribution is 0.311. The third-order valence-electron chi connectivity index (χ3n) is 1.48. The molecule has 4 nitrogen and oxygen atoms in total. The topological polar surface area (TPSA) is 58.0 Å². The second kappa shape index (κ2) is 4.01. The van der Waals surface area contributed by atoms with E-state index < -0.39 is 0 Å². The Morgan fingerprint density at radius 2 is 2.25 bits per heavy atom. The molecule has 1 rings (SSSR count). The van der Waals surface area contributed by atoms with Crippen LogP contribution in [-0.2, 0) is 0 Å². The predicted octanol–water partition coefficient (Wildman–Crippen LogP) is 0.498. The smallest absolute Gasteiger partial charge is 0.147 e. The van der Waals surface area contributed by atoms with Gasteiger partial charge < -0.3 is 10.4 Å². The molecule has 0 unspecified atom stereocenters. The van der Waals surface area contributed by atoms with Crippen molar-refractivity contribution in [2.24, 2.45) is 0 Å². The van der Waals surface area contributed by atoms with Crippen molar-refractivity contribution in [1.29, 1.82) is 0 Å². The van der Waals surface area contributed by atoms with Gasteiger partial charge in [0.25, 0.3) is 0 Å². The molecule has 0 radical (unpaired) electrons. The van der Waals surface area contributed by atoms with Crippen molar-refractivity contribution >= 4 is 5.82 Å². The van der Waals surface area contributed by atoms with Gasteiger partial charge in [-0.1, -0.05) is 0 Å². The Morgan fingerprint density at radius 1 is 1.50 bits per heavy atom. The molecule has 0 amide bonds. The van der Waals surface area contributed by atoms with Gasteiger partial charge in [-0.3, -0.25) is 4.98 Å². The van der Waals surface area contributed by atoms with E-state index in [1.54, 1.807) is 6.20 Å². The van der Waals surface area contributed by atoms with Gasteiger partial charge >= 0.3 is 0 Å². The van der Waals surface area contributed by atoms with Crippen molar-refractivity contribution in [2.75, 3.05) is 18.5 Å². The van der Waals surface area contributed by atoms with Crippen LogP contribution in [-0.4, -0.2) is 28.2 Å². The molecule has 1 aromatic heterocycles. The van der Waals surface area contributed by atoms with Crippen molar-refractivity contribution in [3.8, 4) is 0 Å². The van der Waals surface area contributed by atoms with Gasteiger partial charge in [0.05, 0.1) is 18.0 Å².